The van der Waals surface area contributed by atoms with Crippen molar-refractivity contribution in [1.29, 1.82) is 0 Å². The molecule has 0 spiro atoms. The zero-order valence-electron chi connectivity index (χ0n) is 7.04. The van der Waals surface area contributed by atoms with Crippen molar-refractivity contribution in [2.45, 2.75) is 6.92 Å². The van der Waals surface area contributed by atoms with E-state index in [-0.39, 0.29) is 0 Å². The maximum atomic E-state index is 3.17. The molecule has 1 heterocycles. The third kappa shape index (κ3) is 1.14. The fraction of sp³-hybridized carbons (Fsp3) is 0.0909. The summed E-state index contributed by atoms with van der Waals surface area (Å²) in [4.78, 5) is 3.17. The van der Waals surface area contributed by atoms with E-state index in [9.17, 15) is 0 Å². The lowest BCUT2D eigenvalue weighted by Gasteiger charge is -1.97. The summed E-state index contributed by atoms with van der Waals surface area (Å²) in [7, 11) is 0. The van der Waals surface area contributed by atoms with Crippen molar-refractivity contribution in [3.05, 3.63) is 48.3 Å². The van der Waals surface area contributed by atoms with Gasteiger partial charge in [-0.05, 0) is 18.6 Å². The molecule has 1 nitrogen and oxygen atoms in total. The Bertz CT molecular complexity index is 360. The highest BCUT2D eigenvalue weighted by Gasteiger charge is 1.99. The molecule has 1 heteroatoms. The van der Waals surface area contributed by atoms with Crippen LogP contribution in [-0.2, 0) is 0 Å². The summed E-state index contributed by atoms with van der Waals surface area (Å²) in [5.74, 6) is 0. The minimum Gasteiger partial charge on any atom is -0.365 e. The Morgan fingerprint density at radius 1 is 1.00 bits per heavy atom. The van der Waals surface area contributed by atoms with Gasteiger partial charge in [-0.25, -0.2) is 0 Å². The fourth-order valence-electron chi connectivity index (χ4n) is 1.38. The van der Waals surface area contributed by atoms with Gasteiger partial charge in [0.05, 0.1) is 0 Å². The molecule has 0 radical (unpaired) electrons. The van der Waals surface area contributed by atoms with Gasteiger partial charge in [0.2, 0.25) is 0 Å². The van der Waals surface area contributed by atoms with Gasteiger partial charge in [0.25, 0.3) is 0 Å². The topological polar surface area (TPSA) is 15.8 Å². The van der Waals surface area contributed by atoms with Crippen LogP contribution in [0.3, 0.4) is 0 Å². The van der Waals surface area contributed by atoms with Gasteiger partial charge >= 0.3 is 0 Å². The molecule has 0 fully saturated rings. The molecule has 1 aromatic carbocycles. The molecule has 0 aliphatic carbocycles. The van der Waals surface area contributed by atoms with Crippen molar-refractivity contribution in [3.63, 3.8) is 0 Å². The van der Waals surface area contributed by atoms with Crippen molar-refractivity contribution in [1.82, 2.24) is 4.98 Å². The lowest BCUT2D eigenvalue weighted by atomic mass is 10.1. The van der Waals surface area contributed by atoms with Crippen molar-refractivity contribution >= 4 is 0 Å². The summed E-state index contributed by atoms with van der Waals surface area (Å²) >= 11 is 0. The standard InChI is InChI=1S/C11H11N/c1-9-11(7-8-12-9)10-5-3-2-4-6-10/h2-8,12H,1H3. The van der Waals surface area contributed by atoms with Gasteiger partial charge in [0.1, 0.15) is 0 Å². The van der Waals surface area contributed by atoms with Gasteiger partial charge in [-0.3, -0.25) is 0 Å². The summed E-state index contributed by atoms with van der Waals surface area (Å²) in [5.41, 5.74) is 3.79. The molecule has 0 bridgehead atoms. The lowest BCUT2D eigenvalue weighted by molar-refractivity contribution is 1.27. The molecule has 12 heavy (non-hydrogen) atoms. The largest absolute Gasteiger partial charge is 0.365 e. The van der Waals surface area contributed by atoms with Gasteiger partial charge in [0.15, 0.2) is 0 Å². The SMILES string of the molecule is Cc1[nH]ccc1-c1ccccc1. The fourth-order valence-corrected chi connectivity index (χ4v) is 1.38. The second-order valence-corrected chi connectivity index (χ2v) is 2.88. The van der Waals surface area contributed by atoms with Crippen LogP contribution >= 0.6 is 0 Å². The maximum absolute atomic E-state index is 3.17. The Kier molecular flexibility index (Phi) is 1.71. The Balaban J connectivity index is 2.51. The van der Waals surface area contributed by atoms with Gasteiger partial charge < -0.3 is 4.98 Å². The quantitative estimate of drug-likeness (QED) is 0.655. The number of rotatable bonds is 1. The molecule has 0 saturated carbocycles. The van der Waals surface area contributed by atoms with E-state index >= 15 is 0 Å². The third-order valence-electron chi connectivity index (χ3n) is 2.04. The van der Waals surface area contributed by atoms with Crippen LogP contribution in [0.4, 0.5) is 0 Å². The van der Waals surface area contributed by atoms with Crippen LogP contribution in [0.15, 0.2) is 42.6 Å². The summed E-state index contributed by atoms with van der Waals surface area (Å²) in [5, 5.41) is 0. The van der Waals surface area contributed by atoms with E-state index < -0.39 is 0 Å². The summed E-state index contributed by atoms with van der Waals surface area (Å²) in [6, 6.07) is 12.5. The van der Waals surface area contributed by atoms with E-state index in [0.29, 0.717) is 0 Å². The van der Waals surface area contributed by atoms with Crippen LogP contribution in [0.2, 0.25) is 0 Å². The van der Waals surface area contributed by atoms with Crippen LogP contribution in [0.1, 0.15) is 5.69 Å². The van der Waals surface area contributed by atoms with Crippen LogP contribution in [0, 0.1) is 6.92 Å². The molecular weight excluding hydrogens is 146 g/mol. The average Bonchev–Trinajstić information content (AvgIpc) is 2.53. The first-order chi connectivity index (χ1) is 5.88. The van der Waals surface area contributed by atoms with E-state index in [1.807, 2.05) is 12.3 Å². The molecule has 1 aromatic heterocycles. The molecule has 60 valence electrons. The maximum Gasteiger partial charge on any atom is 0.0195 e. The first kappa shape index (κ1) is 7.17. The van der Waals surface area contributed by atoms with Crippen molar-refractivity contribution < 1.29 is 0 Å². The first-order valence-electron chi connectivity index (χ1n) is 4.07. The Morgan fingerprint density at radius 2 is 1.75 bits per heavy atom. The highest BCUT2D eigenvalue weighted by Crippen LogP contribution is 2.21. The van der Waals surface area contributed by atoms with Crippen molar-refractivity contribution in [2.75, 3.05) is 0 Å². The number of nitrogens with one attached hydrogen (secondary N) is 1. The smallest absolute Gasteiger partial charge is 0.0195 e. The van der Waals surface area contributed by atoms with Crippen LogP contribution in [-0.4, -0.2) is 4.98 Å². The van der Waals surface area contributed by atoms with E-state index in [1.165, 1.54) is 16.8 Å². The Hall–Kier alpha value is -1.50. The lowest BCUT2D eigenvalue weighted by Crippen LogP contribution is -1.76. The molecule has 2 rings (SSSR count). The summed E-state index contributed by atoms with van der Waals surface area (Å²) in [6.07, 6.45) is 1.97. The molecule has 0 unspecified atom stereocenters. The van der Waals surface area contributed by atoms with Gasteiger partial charge in [-0.1, -0.05) is 30.3 Å². The molecule has 0 atom stereocenters. The normalized spacial score (nSPS) is 10.1. The van der Waals surface area contributed by atoms with E-state index in [2.05, 4.69) is 42.2 Å². The van der Waals surface area contributed by atoms with Gasteiger partial charge in [-0.2, -0.15) is 0 Å². The molecule has 2 aromatic rings. The Morgan fingerprint density at radius 3 is 2.33 bits per heavy atom. The number of benzene rings is 1. The zero-order chi connectivity index (χ0) is 8.39. The van der Waals surface area contributed by atoms with Crippen LogP contribution in [0.5, 0.6) is 0 Å². The van der Waals surface area contributed by atoms with Crippen molar-refractivity contribution in [2.24, 2.45) is 0 Å². The molecule has 0 saturated heterocycles. The minimum atomic E-state index is 1.22. The number of H-pyrrole nitrogens is 1. The second kappa shape index (κ2) is 2.86. The molecular formula is C11H11N. The van der Waals surface area contributed by atoms with Gasteiger partial charge in [0, 0.05) is 17.5 Å². The monoisotopic (exact) mass is 157 g/mol. The number of hydrogen-bond acceptors (Lipinski definition) is 0. The predicted molar refractivity (Wildman–Crippen MR) is 51.0 cm³/mol. The molecule has 0 aliphatic heterocycles. The zero-order valence-corrected chi connectivity index (χ0v) is 7.04. The van der Waals surface area contributed by atoms with E-state index in [0.717, 1.165) is 0 Å². The number of aromatic nitrogens is 1. The minimum absolute atomic E-state index is 1.22. The molecule has 0 amide bonds. The highest BCUT2D eigenvalue weighted by molar-refractivity contribution is 5.65. The third-order valence-corrected chi connectivity index (χ3v) is 2.04. The average molecular weight is 157 g/mol. The molecule has 0 aliphatic rings. The van der Waals surface area contributed by atoms with E-state index in [4.69, 9.17) is 0 Å². The number of aromatic amines is 1. The highest BCUT2D eigenvalue weighted by atomic mass is 14.7. The predicted octanol–water partition coefficient (Wildman–Crippen LogP) is 2.99. The van der Waals surface area contributed by atoms with Crippen LogP contribution < -0.4 is 0 Å². The Labute approximate surface area is 72.1 Å². The van der Waals surface area contributed by atoms with Crippen LogP contribution in [0.25, 0.3) is 11.1 Å². The first-order valence-corrected chi connectivity index (χ1v) is 4.07. The van der Waals surface area contributed by atoms with E-state index in [1.54, 1.807) is 0 Å². The second-order valence-electron chi connectivity index (χ2n) is 2.88. The molecule has 1 N–H and O–H groups in total. The number of aryl methyl sites for hydroxylation is 1. The summed E-state index contributed by atoms with van der Waals surface area (Å²) in [6.45, 7) is 2.09. The number of hydrogen-bond donors (Lipinski definition) is 1. The van der Waals surface area contributed by atoms with Crippen molar-refractivity contribution in [3.8, 4) is 11.1 Å². The van der Waals surface area contributed by atoms with Gasteiger partial charge in [-0.15, -0.1) is 0 Å². The summed E-state index contributed by atoms with van der Waals surface area (Å²) < 4.78 is 0.